The van der Waals surface area contributed by atoms with Gasteiger partial charge < -0.3 is 10.1 Å². The molecule has 0 rings (SSSR count). The maximum atomic E-state index is 12.8. The summed E-state index contributed by atoms with van der Waals surface area (Å²) in [4.78, 5) is 22.5. The number of ether oxygens (including phenoxy) is 1. The molecule has 1 N–H and O–H groups in total. The van der Waals surface area contributed by atoms with Crippen LogP contribution in [0.4, 0.5) is 22.0 Å². The van der Waals surface area contributed by atoms with E-state index in [0.29, 0.717) is 6.42 Å². The Bertz CT molecular complexity index is 354. The van der Waals surface area contributed by atoms with E-state index in [0.717, 1.165) is 0 Å². The largest absolute Gasteiger partial charge is 0.464 e. The van der Waals surface area contributed by atoms with Crippen molar-refractivity contribution in [3.05, 3.63) is 0 Å². The first-order chi connectivity index (χ1) is 8.95. The molecule has 0 bridgehead atoms. The molecule has 0 aliphatic heterocycles. The summed E-state index contributed by atoms with van der Waals surface area (Å²) in [6.45, 7) is 4.41. The molecule has 0 aliphatic carbocycles. The summed E-state index contributed by atoms with van der Waals surface area (Å²) in [5.74, 6) is -9.89. The van der Waals surface area contributed by atoms with E-state index in [1.54, 1.807) is 6.92 Å². The van der Waals surface area contributed by atoms with Crippen LogP contribution in [0.25, 0.3) is 0 Å². The second-order valence-electron chi connectivity index (χ2n) is 4.43. The van der Waals surface area contributed by atoms with Crippen molar-refractivity contribution < 1.29 is 36.3 Å². The Morgan fingerprint density at radius 1 is 1.15 bits per heavy atom. The zero-order chi connectivity index (χ0) is 16.1. The van der Waals surface area contributed by atoms with Crippen molar-refractivity contribution >= 4 is 11.9 Å². The maximum Gasteiger partial charge on any atom is 0.463 e. The van der Waals surface area contributed by atoms with Crippen molar-refractivity contribution in [2.45, 2.75) is 45.3 Å². The molecular formula is C11H16F5NO3. The highest BCUT2D eigenvalue weighted by Crippen LogP contribution is 2.35. The van der Waals surface area contributed by atoms with Crippen molar-refractivity contribution in [3.8, 4) is 0 Å². The molecule has 0 spiro atoms. The highest BCUT2D eigenvalue weighted by atomic mass is 19.4. The van der Waals surface area contributed by atoms with E-state index in [4.69, 9.17) is 0 Å². The molecule has 1 atom stereocenters. The highest BCUT2D eigenvalue weighted by molar-refractivity contribution is 5.89. The first-order valence-corrected chi connectivity index (χ1v) is 5.87. The number of amides is 1. The molecule has 0 fully saturated rings. The van der Waals surface area contributed by atoms with Gasteiger partial charge in [-0.1, -0.05) is 20.8 Å². The van der Waals surface area contributed by atoms with E-state index in [-0.39, 0.29) is 6.61 Å². The lowest BCUT2D eigenvalue weighted by molar-refractivity contribution is -0.270. The van der Waals surface area contributed by atoms with Crippen molar-refractivity contribution in [2.75, 3.05) is 6.61 Å². The van der Waals surface area contributed by atoms with E-state index < -0.39 is 35.9 Å². The summed E-state index contributed by atoms with van der Waals surface area (Å²) in [6.07, 6.45) is -5.57. The van der Waals surface area contributed by atoms with Gasteiger partial charge in [-0.3, -0.25) is 4.79 Å². The van der Waals surface area contributed by atoms with Crippen LogP contribution in [0, 0.1) is 5.92 Å². The smallest absolute Gasteiger partial charge is 0.463 e. The second kappa shape index (κ2) is 6.85. The van der Waals surface area contributed by atoms with Crippen LogP contribution in [0.3, 0.4) is 0 Å². The molecule has 0 saturated heterocycles. The third-order valence-electron chi connectivity index (χ3n) is 2.30. The van der Waals surface area contributed by atoms with Gasteiger partial charge in [0.2, 0.25) is 0 Å². The molecule has 9 heteroatoms. The van der Waals surface area contributed by atoms with Gasteiger partial charge in [0, 0.05) is 0 Å². The van der Waals surface area contributed by atoms with Crippen LogP contribution >= 0.6 is 0 Å². The Kier molecular flexibility index (Phi) is 6.36. The molecular weight excluding hydrogens is 289 g/mol. The number of esters is 1. The Morgan fingerprint density at radius 2 is 1.65 bits per heavy atom. The first-order valence-electron chi connectivity index (χ1n) is 5.87. The second-order valence-corrected chi connectivity index (χ2v) is 4.43. The zero-order valence-corrected chi connectivity index (χ0v) is 11.2. The Hall–Kier alpha value is -1.41. The number of hydrogen-bond acceptors (Lipinski definition) is 3. The van der Waals surface area contributed by atoms with Crippen molar-refractivity contribution in [1.82, 2.24) is 5.32 Å². The first kappa shape index (κ1) is 18.6. The average molecular weight is 305 g/mol. The van der Waals surface area contributed by atoms with Crippen LogP contribution in [-0.2, 0) is 14.3 Å². The van der Waals surface area contributed by atoms with Gasteiger partial charge in [0.15, 0.2) is 0 Å². The molecule has 0 aromatic rings. The van der Waals surface area contributed by atoms with E-state index in [9.17, 15) is 31.5 Å². The van der Waals surface area contributed by atoms with Gasteiger partial charge >= 0.3 is 24.0 Å². The number of hydrogen-bond donors (Lipinski definition) is 1. The van der Waals surface area contributed by atoms with E-state index in [1.165, 1.54) is 19.2 Å². The van der Waals surface area contributed by atoms with Crippen LogP contribution in [0.1, 0.15) is 27.2 Å². The fourth-order valence-corrected chi connectivity index (χ4v) is 1.15. The van der Waals surface area contributed by atoms with Gasteiger partial charge in [0.1, 0.15) is 6.04 Å². The van der Waals surface area contributed by atoms with Gasteiger partial charge in [-0.05, 0) is 12.3 Å². The van der Waals surface area contributed by atoms with Crippen LogP contribution in [0.2, 0.25) is 0 Å². The van der Waals surface area contributed by atoms with Crippen molar-refractivity contribution in [2.24, 2.45) is 5.92 Å². The van der Waals surface area contributed by atoms with Crippen LogP contribution in [0.5, 0.6) is 0 Å². The van der Waals surface area contributed by atoms with E-state index in [2.05, 4.69) is 4.74 Å². The van der Waals surface area contributed by atoms with Gasteiger partial charge in [-0.2, -0.15) is 22.0 Å². The minimum absolute atomic E-state index is 0.0203. The molecule has 0 heterocycles. The lowest BCUT2D eigenvalue weighted by Gasteiger charge is -2.24. The molecule has 1 unspecified atom stereocenters. The van der Waals surface area contributed by atoms with Gasteiger partial charge in [0.25, 0.3) is 0 Å². The normalized spacial score (nSPS) is 14.1. The van der Waals surface area contributed by atoms with E-state index in [1.807, 2.05) is 0 Å². The predicted octanol–water partition coefficient (Wildman–Crippen LogP) is 2.28. The number of alkyl halides is 5. The number of carbonyl (C=O) groups excluding carboxylic acids is 2. The van der Waals surface area contributed by atoms with Gasteiger partial charge in [-0.15, -0.1) is 0 Å². The fraction of sp³-hybridized carbons (Fsp3) is 0.818. The van der Waals surface area contributed by atoms with Gasteiger partial charge in [0.05, 0.1) is 6.61 Å². The molecule has 0 aromatic heterocycles. The topological polar surface area (TPSA) is 55.4 Å². The minimum atomic E-state index is -6.02. The Labute approximate surface area is 112 Å². The summed E-state index contributed by atoms with van der Waals surface area (Å²) >= 11 is 0. The SMILES string of the molecule is CCCOC(=O)C(NC(=O)C(F)(F)C(F)(F)F)C(C)C. The van der Waals surface area contributed by atoms with Crippen LogP contribution < -0.4 is 5.32 Å². The van der Waals surface area contributed by atoms with Crippen LogP contribution in [0.15, 0.2) is 0 Å². The summed E-state index contributed by atoms with van der Waals surface area (Å²) in [5, 5.41) is 1.39. The van der Waals surface area contributed by atoms with Crippen LogP contribution in [-0.4, -0.2) is 36.6 Å². The maximum absolute atomic E-state index is 12.8. The molecule has 0 saturated carbocycles. The molecule has 20 heavy (non-hydrogen) atoms. The average Bonchev–Trinajstić information content (AvgIpc) is 2.30. The third kappa shape index (κ3) is 4.61. The van der Waals surface area contributed by atoms with Gasteiger partial charge in [-0.25, -0.2) is 4.79 Å². The molecule has 0 aromatic carbocycles. The summed E-state index contributed by atoms with van der Waals surface area (Å²) in [6, 6.07) is -1.57. The zero-order valence-electron chi connectivity index (χ0n) is 11.2. The Balaban J connectivity index is 4.94. The number of carbonyl (C=O) groups is 2. The summed E-state index contributed by atoms with van der Waals surface area (Å²) < 4.78 is 66.2. The van der Waals surface area contributed by atoms with Crippen molar-refractivity contribution in [3.63, 3.8) is 0 Å². The predicted molar refractivity (Wildman–Crippen MR) is 59.0 cm³/mol. The minimum Gasteiger partial charge on any atom is -0.464 e. The van der Waals surface area contributed by atoms with Crippen molar-refractivity contribution in [1.29, 1.82) is 0 Å². The quantitative estimate of drug-likeness (QED) is 0.605. The molecule has 1 amide bonds. The highest BCUT2D eigenvalue weighted by Gasteiger charge is 2.63. The summed E-state index contributed by atoms with van der Waals surface area (Å²) in [7, 11) is 0. The fourth-order valence-electron chi connectivity index (χ4n) is 1.15. The molecule has 4 nitrogen and oxygen atoms in total. The lowest BCUT2D eigenvalue weighted by Crippen LogP contribution is -2.56. The molecule has 0 radical (unpaired) electrons. The Morgan fingerprint density at radius 3 is 2.00 bits per heavy atom. The standard InChI is InChI=1S/C11H16F5NO3/c1-4-5-20-8(18)7(6(2)3)17-9(19)10(12,13)11(14,15)16/h6-7H,4-5H2,1-3H3,(H,17,19). The number of nitrogens with one attached hydrogen (secondary N) is 1. The summed E-state index contributed by atoms with van der Waals surface area (Å²) in [5.41, 5.74) is 0. The monoisotopic (exact) mass is 305 g/mol. The van der Waals surface area contributed by atoms with E-state index >= 15 is 0 Å². The molecule has 118 valence electrons. The third-order valence-corrected chi connectivity index (χ3v) is 2.30. The molecule has 0 aliphatic rings. The number of halogens is 5. The lowest BCUT2D eigenvalue weighted by atomic mass is 10.0. The number of rotatable bonds is 6.